The smallest absolute Gasteiger partial charge is 0.145 e. The van der Waals surface area contributed by atoms with Crippen molar-refractivity contribution >= 4 is 0 Å². The average molecular weight is 257 g/mol. The van der Waals surface area contributed by atoms with E-state index in [-0.39, 0.29) is 0 Å². The lowest BCUT2D eigenvalue weighted by molar-refractivity contribution is 0.169. The fourth-order valence-corrected chi connectivity index (χ4v) is 1.82. The Morgan fingerprint density at radius 2 is 2.00 bits per heavy atom. The molecule has 100 valence electrons. The summed E-state index contributed by atoms with van der Waals surface area (Å²) in [5.74, 6) is 1.49. The third-order valence-corrected chi connectivity index (χ3v) is 3.03. The van der Waals surface area contributed by atoms with Crippen LogP contribution in [0.5, 0.6) is 11.5 Å². The number of aryl methyl sites for hydroxylation is 1. The zero-order chi connectivity index (χ0) is 13.7. The second-order valence-electron chi connectivity index (χ2n) is 4.45. The molecule has 0 aliphatic carbocycles. The molecule has 0 bridgehead atoms. The SMILES string of the molecule is CCc1cccc(Oc2ccc([C@@H](O)CC)nc2)c1. The summed E-state index contributed by atoms with van der Waals surface area (Å²) in [7, 11) is 0. The number of rotatable bonds is 5. The minimum Gasteiger partial charge on any atom is -0.456 e. The van der Waals surface area contributed by atoms with Gasteiger partial charge in [-0.15, -0.1) is 0 Å². The fraction of sp³-hybridized carbons (Fsp3) is 0.312. The van der Waals surface area contributed by atoms with Crippen molar-refractivity contribution in [1.82, 2.24) is 4.98 Å². The third kappa shape index (κ3) is 3.55. The minimum atomic E-state index is -0.502. The van der Waals surface area contributed by atoms with Crippen molar-refractivity contribution in [1.29, 1.82) is 0 Å². The summed E-state index contributed by atoms with van der Waals surface area (Å²) in [6, 6.07) is 11.6. The number of ether oxygens (including phenoxy) is 1. The molecule has 1 atom stereocenters. The zero-order valence-corrected chi connectivity index (χ0v) is 11.3. The minimum absolute atomic E-state index is 0.502. The van der Waals surface area contributed by atoms with Crippen LogP contribution in [0.1, 0.15) is 37.6 Å². The maximum atomic E-state index is 9.67. The molecular formula is C16H19NO2. The fourth-order valence-electron chi connectivity index (χ4n) is 1.82. The summed E-state index contributed by atoms with van der Waals surface area (Å²) in [5.41, 5.74) is 1.92. The maximum Gasteiger partial charge on any atom is 0.145 e. The molecule has 0 fully saturated rings. The van der Waals surface area contributed by atoms with E-state index in [2.05, 4.69) is 18.0 Å². The van der Waals surface area contributed by atoms with Crippen LogP contribution in [0.3, 0.4) is 0 Å². The molecule has 0 saturated heterocycles. The van der Waals surface area contributed by atoms with Gasteiger partial charge in [-0.25, -0.2) is 0 Å². The standard InChI is InChI=1S/C16H19NO2/c1-3-12-6-5-7-13(10-12)19-14-8-9-15(17-11-14)16(18)4-2/h5-11,16,18H,3-4H2,1-2H3/t16-/m0/s1. The summed E-state index contributed by atoms with van der Waals surface area (Å²) < 4.78 is 5.75. The largest absolute Gasteiger partial charge is 0.456 e. The molecule has 3 nitrogen and oxygen atoms in total. The van der Waals surface area contributed by atoms with Crippen molar-refractivity contribution in [3.05, 3.63) is 53.9 Å². The van der Waals surface area contributed by atoms with Gasteiger partial charge in [-0.1, -0.05) is 26.0 Å². The number of hydrogen-bond acceptors (Lipinski definition) is 3. The monoisotopic (exact) mass is 257 g/mol. The van der Waals surface area contributed by atoms with Crippen molar-refractivity contribution in [3.63, 3.8) is 0 Å². The highest BCUT2D eigenvalue weighted by molar-refractivity contribution is 5.33. The van der Waals surface area contributed by atoms with Crippen molar-refractivity contribution < 1.29 is 9.84 Å². The van der Waals surface area contributed by atoms with Crippen LogP contribution in [0, 0.1) is 0 Å². The number of nitrogens with zero attached hydrogens (tertiary/aromatic N) is 1. The van der Waals surface area contributed by atoms with Crippen LogP contribution in [-0.2, 0) is 6.42 Å². The Labute approximate surface area is 113 Å². The maximum absolute atomic E-state index is 9.67. The second kappa shape index (κ2) is 6.34. The van der Waals surface area contributed by atoms with E-state index in [1.807, 2.05) is 31.2 Å². The molecule has 0 aliphatic rings. The highest BCUT2D eigenvalue weighted by Crippen LogP contribution is 2.23. The molecule has 2 rings (SSSR count). The summed E-state index contributed by atoms with van der Waals surface area (Å²) in [6.07, 6.45) is 2.79. The summed E-state index contributed by atoms with van der Waals surface area (Å²) in [5, 5.41) is 9.67. The summed E-state index contributed by atoms with van der Waals surface area (Å²) in [4.78, 5) is 4.21. The Morgan fingerprint density at radius 3 is 2.63 bits per heavy atom. The molecule has 3 heteroatoms. The Hall–Kier alpha value is -1.87. The predicted molar refractivity (Wildman–Crippen MR) is 75.4 cm³/mol. The molecular weight excluding hydrogens is 238 g/mol. The molecule has 2 aromatic rings. The summed E-state index contributed by atoms with van der Waals surface area (Å²) >= 11 is 0. The highest BCUT2D eigenvalue weighted by atomic mass is 16.5. The number of aliphatic hydroxyl groups excluding tert-OH is 1. The Bertz CT molecular complexity index is 523. The van der Waals surface area contributed by atoms with Gasteiger partial charge in [0, 0.05) is 0 Å². The van der Waals surface area contributed by atoms with Crippen LogP contribution in [0.15, 0.2) is 42.6 Å². The van der Waals surface area contributed by atoms with E-state index in [0.29, 0.717) is 17.9 Å². The number of benzene rings is 1. The Morgan fingerprint density at radius 1 is 1.16 bits per heavy atom. The van der Waals surface area contributed by atoms with Gasteiger partial charge in [-0.2, -0.15) is 0 Å². The third-order valence-electron chi connectivity index (χ3n) is 3.03. The van der Waals surface area contributed by atoms with Gasteiger partial charge in [0.1, 0.15) is 11.5 Å². The Balaban J connectivity index is 2.10. The first kappa shape index (κ1) is 13.6. The molecule has 1 N–H and O–H groups in total. The van der Waals surface area contributed by atoms with Crippen molar-refractivity contribution in [2.24, 2.45) is 0 Å². The van der Waals surface area contributed by atoms with Gasteiger partial charge in [0.2, 0.25) is 0 Å². The van der Waals surface area contributed by atoms with Gasteiger partial charge in [-0.05, 0) is 42.7 Å². The van der Waals surface area contributed by atoms with E-state index in [9.17, 15) is 5.11 Å². The van der Waals surface area contributed by atoms with Gasteiger partial charge >= 0.3 is 0 Å². The van der Waals surface area contributed by atoms with E-state index >= 15 is 0 Å². The molecule has 0 spiro atoms. The average Bonchev–Trinajstić information content (AvgIpc) is 2.47. The van der Waals surface area contributed by atoms with E-state index < -0.39 is 6.10 Å². The van der Waals surface area contributed by atoms with Gasteiger partial charge in [0.25, 0.3) is 0 Å². The molecule has 0 saturated carbocycles. The van der Waals surface area contributed by atoms with Crippen LogP contribution in [0.4, 0.5) is 0 Å². The molecule has 19 heavy (non-hydrogen) atoms. The van der Waals surface area contributed by atoms with Crippen LogP contribution >= 0.6 is 0 Å². The first-order chi connectivity index (χ1) is 9.22. The van der Waals surface area contributed by atoms with Gasteiger partial charge in [0.05, 0.1) is 18.0 Å². The van der Waals surface area contributed by atoms with Crippen LogP contribution in [0.2, 0.25) is 0 Å². The molecule has 1 heterocycles. The zero-order valence-electron chi connectivity index (χ0n) is 11.3. The van der Waals surface area contributed by atoms with E-state index in [1.54, 1.807) is 12.3 Å². The van der Waals surface area contributed by atoms with E-state index in [1.165, 1.54) is 5.56 Å². The molecule has 0 aliphatic heterocycles. The lowest BCUT2D eigenvalue weighted by atomic mass is 10.1. The van der Waals surface area contributed by atoms with Gasteiger partial charge < -0.3 is 9.84 Å². The quantitative estimate of drug-likeness (QED) is 0.883. The predicted octanol–water partition coefficient (Wildman–Crippen LogP) is 3.88. The van der Waals surface area contributed by atoms with Crippen molar-refractivity contribution in [2.75, 3.05) is 0 Å². The molecule has 0 unspecified atom stereocenters. The van der Waals surface area contributed by atoms with Crippen LogP contribution < -0.4 is 4.74 Å². The first-order valence-corrected chi connectivity index (χ1v) is 6.63. The van der Waals surface area contributed by atoms with E-state index in [4.69, 9.17) is 4.74 Å². The van der Waals surface area contributed by atoms with Crippen LogP contribution in [-0.4, -0.2) is 10.1 Å². The lowest BCUT2D eigenvalue weighted by Crippen LogP contribution is -1.98. The van der Waals surface area contributed by atoms with Crippen molar-refractivity contribution in [3.8, 4) is 11.5 Å². The normalized spacial score (nSPS) is 12.2. The number of aromatic nitrogens is 1. The highest BCUT2D eigenvalue weighted by Gasteiger charge is 2.06. The van der Waals surface area contributed by atoms with Gasteiger partial charge in [-0.3, -0.25) is 4.98 Å². The van der Waals surface area contributed by atoms with E-state index in [0.717, 1.165) is 12.2 Å². The Kier molecular flexibility index (Phi) is 4.53. The second-order valence-corrected chi connectivity index (χ2v) is 4.45. The number of aliphatic hydroxyl groups is 1. The van der Waals surface area contributed by atoms with Crippen LogP contribution in [0.25, 0.3) is 0 Å². The molecule has 1 aromatic heterocycles. The first-order valence-electron chi connectivity index (χ1n) is 6.63. The van der Waals surface area contributed by atoms with Gasteiger partial charge in [0.15, 0.2) is 0 Å². The molecule has 0 amide bonds. The number of pyridine rings is 1. The lowest BCUT2D eigenvalue weighted by Gasteiger charge is -2.09. The molecule has 0 radical (unpaired) electrons. The summed E-state index contributed by atoms with van der Waals surface area (Å²) in [6.45, 7) is 4.04. The topological polar surface area (TPSA) is 42.4 Å². The molecule has 1 aromatic carbocycles. The number of hydrogen-bond donors (Lipinski definition) is 1. The van der Waals surface area contributed by atoms with Crippen molar-refractivity contribution in [2.45, 2.75) is 32.8 Å².